The smallest absolute Gasteiger partial charge is 0.0622 e. The monoisotopic (exact) mass is 341 g/mol. The summed E-state index contributed by atoms with van der Waals surface area (Å²) in [4.78, 5) is 2.48. The van der Waals surface area contributed by atoms with Crippen molar-refractivity contribution in [3.8, 4) is 0 Å². The van der Waals surface area contributed by atoms with Crippen LogP contribution in [-0.4, -0.2) is 31.1 Å². The SMILES string of the molecule is [CH](N1CCNCC1)C(c1ccccc1)(c1ccccc1)c1ccccc1. The van der Waals surface area contributed by atoms with E-state index in [1.807, 2.05) is 0 Å². The number of piperazine rings is 1. The van der Waals surface area contributed by atoms with E-state index in [9.17, 15) is 0 Å². The third-order valence-electron chi connectivity index (χ3n) is 5.22. The molecule has 3 aromatic rings. The number of nitrogens with one attached hydrogen (secondary N) is 1. The molecular formula is C24H25N2. The number of nitrogens with zero attached hydrogens (tertiary/aromatic N) is 1. The third kappa shape index (κ3) is 3.31. The molecule has 0 amide bonds. The van der Waals surface area contributed by atoms with Crippen LogP contribution in [0.5, 0.6) is 0 Å². The summed E-state index contributed by atoms with van der Waals surface area (Å²) in [7, 11) is 0. The second-order valence-electron chi connectivity index (χ2n) is 6.82. The summed E-state index contributed by atoms with van der Waals surface area (Å²) in [5.41, 5.74) is 3.61. The van der Waals surface area contributed by atoms with E-state index in [4.69, 9.17) is 0 Å². The first kappa shape index (κ1) is 17.0. The van der Waals surface area contributed by atoms with Crippen LogP contribution >= 0.6 is 0 Å². The van der Waals surface area contributed by atoms with E-state index >= 15 is 0 Å². The van der Waals surface area contributed by atoms with Gasteiger partial charge in [-0.3, -0.25) is 4.90 Å². The van der Waals surface area contributed by atoms with Crippen molar-refractivity contribution in [1.82, 2.24) is 10.2 Å². The molecule has 0 atom stereocenters. The van der Waals surface area contributed by atoms with Crippen LogP contribution in [0.25, 0.3) is 0 Å². The molecule has 1 saturated heterocycles. The average Bonchev–Trinajstić information content (AvgIpc) is 2.75. The normalized spacial score (nSPS) is 15.7. The van der Waals surface area contributed by atoms with Gasteiger partial charge in [0, 0.05) is 32.7 Å². The molecule has 4 rings (SSSR count). The van der Waals surface area contributed by atoms with Crippen LogP contribution in [-0.2, 0) is 5.41 Å². The van der Waals surface area contributed by atoms with Crippen LogP contribution in [0.1, 0.15) is 16.7 Å². The fourth-order valence-electron chi connectivity index (χ4n) is 3.91. The summed E-state index contributed by atoms with van der Waals surface area (Å²) >= 11 is 0. The fraction of sp³-hybridized carbons (Fsp3) is 0.208. The quantitative estimate of drug-likeness (QED) is 0.703. The molecule has 0 bridgehead atoms. The standard InChI is InChI=1S/C24H25N2/c1-4-10-21(11-5-1)24(22-12-6-2-7-13-22,23-14-8-3-9-15-23)20-26-18-16-25-17-19-26/h1-15,20,25H,16-19H2. The molecule has 0 aliphatic carbocycles. The summed E-state index contributed by atoms with van der Waals surface area (Å²) in [5.74, 6) is 0. The fourth-order valence-corrected chi connectivity index (χ4v) is 3.91. The Hall–Kier alpha value is -2.42. The predicted octanol–water partition coefficient (Wildman–Crippen LogP) is 4.09. The van der Waals surface area contributed by atoms with E-state index in [2.05, 4.69) is 108 Å². The maximum Gasteiger partial charge on any atom is 0.0622 e. The van der Waals surface area contributed by atoms with Crippen LogP contribution in [0, 0.1) is 6.54 Å². The molecule has 2 heteroatoms. The van der Waals surface area contributed by atoms with Crippen LogP contribution in [0.4, 0.5) is 0 Å². The van der Waals surface area contributed by atoms with Gasteiger partial charge in [0.25, 0.3) is 0 Å². The molecule has 2 nitrogen and oxygen atoms in total. The highest BCUT2D eigenvalue weighted by molar-refractivity contribution is 5.53. The number of hydrogen-bond acceptors (Lipinski definition) is 2. The topological polar surface area (TPSA) is 15.3 Å². The zero-order valence-electron chi connectivity index (χ0n) is 15.0. The first-order valence-electron chi connectivity index (χ1n) is 9.37. The van der Waals surface area contributed by atoms with Crippen molar-refractivity contribution in [3.63, 3.8) is 0 Å². The molecule has 1 radical (unpaired) electrons. The second-order valence-corrected chi connectivity index (χ2v) is 6.82. The molecule has 1 fully saturated rings. The molecule has 0 saturated carbocycles. The molecule has 1 heterocycles. The van der Waals surface area contributed by atoms with Crippen LogP contribution < -0.4 is 5.32 Å². The summed E-state index contributed by atoms with van der Waals surface area (Å²) in [6, 6.07) is 32.6. The largest absolute Gasteiger partial charge is 0.314 e. The minimum absolute atomic E-state index is 0.291. The highest BCUT2D eigenvalue weighted by Gasteiger charge is 2.38. The number of benzene rings is 3. The lowest BCUT2D eigenvalue weighted by Gasteiger charge is -2.41. The van der Waals surface area contributed by atoms with Gasteiger partial charge in [-0.25, -0.2) is 0 Å². The van der Waals surface area contributed by atoms with E-state index in [0.717, 1.165) is 26.2 Å². The Morgan fingerprint density at radius 1 is 0.615 bits per heavy atom. The van der Waals surface area contributed by atoms with Gasteiger partial charge in [0.15, 0.2) is 0 Å². The van der Waals surface area contributed by atoms with Gasteiger partial charge in [0.1, 0.15) is 0 Å². The third-order valence-corrected chi connectivity index (χ3v) is 5.22. The van der Waals surface area contributed by atoms with Gasteiger partial charge in [-0.2, -0.15) is 0 Å². The molecule has 1 aliphatic rings. The van der Waals surface area contributed by atoms with Gasteiger partial charge >= 0.3 is 0 Å². The summed E-state index contributed by atoms with van der Waals surface area (Å²) in [5, 5.41) is 3.46. The molecule has 0 unspecified atom stereocenters. The first-order valence-corrected chi connectivity index (χ1v) is 9.37. The van der Waals surface area contributed by atoms with Gasteiger partial charge in [-0.05, 0) is 16.7 Å². The Morgan fingerprint density at radius 3 is 1.38 bits per heavy atom. The zero-order chi connectivity index (χ0) is 17.7. The van der Waals surface area contributed by atoms with Crippen molar-refractivity contribution in [1.29, 1.82) is 0 Å². The predicted molar refractivity (Wildman–Crippen MR) is 108 cm³/mol. The van der Waals surface area contributed by atoms with Crippen LogP contribution in [0.2, 0.25) is 0 Å². The summed E-state index contributed by atoms with van der Waals surface area (Å²) < 4.78 is 0. The van der Waals surface area contributed by atoms with Crippen LogP contribution in [0.15, 0.2) is 91.0 Å². The Bertz CT molecular complexity index is 697. The molecule has 131 valence electrons. The molecule has 1 aliphatic heterocycles. The van der Waals surface area contributed by atoms with Crippen molar-refractivity contribution < 1.29 is 0 Å². The van der Waals surface area contributed by atoms with Gasteiger partial charge in [0.2, 0.25) is 0 Å². The lowest BCUT2D eigenvalue weighted by Crippen LogP contribution is -2.47. The minimum atomic E-state index is -0.291. The van der Waals surface area contributed by atoms with E-state index in [1.165, 1.54) is 16.7 Å². The summed E-state index contributed by atoms with van der Waals surface area (Å²) in [6.07, 6.45) is 0. The molecule has 0 spiro atoms. The van der Waals surface area contributed by atoms with E-state index in [1.54, 1.807) is 0 Å². The molecule has 3 aromatic carbocycles. The van der Waals surface area contributed by atoms with Crippen molar-refractivity contribution in [3.05, 3.63) is 114 Å². The van der Waals surface area contributed by atoms with E-state index in [-0.39, 0.29) is 5.41 Å². The highest BCUT2D eigenvalue weighted by atomic mass is 15.2. The van der Waals surface area contributed by atoms with Crippen LogP contribution in [0.3, 0.4) is 0 Å². The summed E-state index contributed by atoms with van der Waals surface area (Å²) in [6.45, 7) is 6.59. The Balaban J connectivity index is 1.90. The van der Waals surface area contributed by atoms with Crippen molar-refractivity contribution in [2.75, 3.05) is 26.2 Å². The highest BCUT2D eigenvalue weighted by Crippen LogP contribution is 2.42. The van der Waals surface area contributed by atoms with Crippen molar-refractivity contribution in [2.45, 2.75) is 5.41 Å². The van der Waals surface area contributed by atoms with Crippen molar-refractivity contribution in [2.24, 2.45) is 0 Å². The molecule has 1 N–H and O–H groups in total. The maximum atomic E-state index is 3.46. The number of hydrogen-bond donors (Lipinski definition) is 1. The van der Waals surface area contributed by atoms with Gasteiger partial charge in [-0.15, -0.1) is 0 Å². The Morgan fingerprint density at radius 2 is 1.00 bits per heavy atom. The molecule has 0 aromatic heterocycles. The van der Waals surface area contributed by atoms with Gasteiger partial charge in [0.05, 0.1) is 5.41 Å². The van der Waals surface area contributed by atoms with Gasteiger partial charge < -0.3 is 5.32 Å². The Labute approximate surface area is 156 Å². The van der Waals surface area contributed by atoms with E-state index < -0.39 is 0 Å². The maximum absolute atomic E-state index is 3.46. The molecular weight excluding hydrogens is 316 g/mol. The second kappa shape index (κ2) is 7.86. The lowest BCUT2D eigenvalue weighted by molar-refractivity contribution is 0.265. The van der Waals surface area contributed by atoms with Crippen molar-refractivity contribution >= 4 is 0 Å². The zero-order valence-corrected chi connectivity index (χ0v) is 15.0. The lowest BCUT2D eigenvalue weighted by atomic mass is 9.69. The first-order chi connectivity index (χ1) is 12.9. The minimum Gasteiger partial charge on any atom is -0.314 e. The Kier molecular flexibility index (Phi) is 5.14. The molecule has 26 heavy (non-hydrogen) atoms. The average molecular weight is 341 g/mol. The number of rotatable bonds is 5. The van der Waals surface area contributed by atoms with E-state index in [0.29, 0.717) is 0 Å². The van der Waals surface area contributed by atoms with Gasteiger partial charge in [-0.1, -0.05) is 91.0 Å².